The number of aliphatic hydroxyl groups excluding tert-OH is 1. The Balaban J connectivity index is 2.93. The third-order valence-electron chi connectivity index (χ3n) is 2.46. The largest absolute Gasteiger partial charge is 0.394 e. The van der Waals surface area contributed by atoms with Gasteiger partial charge in [0.05, 0.1) is 13.2 Å². The molecule has 1 rings (SSSR count). The fourth-order valence-corrected chi connectivity index (χ4v) is 1.62. The normalized spacial score (nSPS) is 13.1. The Kier molecular flexibility index (Phi) is 4.08. The number of aromatic nitrogens is 2. The minimum atomic E-state index is -0.440. The lowest BCUT2D eigenvalue weighted by molar-refractivity contribution is 0.270. The molecule has 0 aromatic carbocycles. The van der Waals surface area contributed by atoms with Gasteiger partial charge in [-0.3, -0.25) is 0 Å². The molecule has 1 unspecified atom stereocenters. The molecule has 1 aromatic heterocycles. The molecule has 0 aliphatic rings. The van der Waals surface area contributed by atoms with Crippen LogP contribution in [0.3, 0.4) is 0 Å². The second kappa shape index (κ2) is 5.11. The predicted molar refractivity (Wildman–Crippen MR) is 57.0 cm³/mol. The van der Waals surface area contributed by atoms with Crippen LogP contribution >= 0.6 is 0 Å². The first-order valence-electron chi connectivity index (χ1n) is 5.24. The molecule has 5 heteroatoms. The van der Waals surface area contributed by atoms with Crippen LogP contribution in [0, 0.1) is 5.82 Å². The Bertz CT molecular complexity index is 325. The molecule has 0 aliphatic heterocycles. The number of rotatable bonds is 5. The Hall–Kier alpha value is -1.10. The van der Waals surface area contributed by atoms with Crippen LogP contribution in [0.5, 0.6) is 0 Å². The fourth-order valence-electron chi connectivity index (χ4n) is 1.62. The molecule has 0 amide bonds. The van der Waals surface area contributed by atoms with Crippen molar-refractivity contribution in [3.8, 4) is 0 Å². The Morgan fingerprint density at radius 3 is 2.80 bits per heavy atom. The van der Waals surface area contributed by atoms with Gasteiger partial charge in [-0.15, -0.1) is 0 Å². The maximum Gasteiger partial charge on any atom is 0.188 e. The van der Waals surface area contributed by atoms with Crippen molar-refractivity contribution in [2.45, 2.75) is 39.2 Å². The summed E-state index contributed by atoms with van der Waals surface area (Å²) in [6.07, 6.45) is 1.86. The molecule has 1 atom stereocenters. The monoisotopic (exact) mass is 215 g/mol. The topological polar surface area (TPSA) is 64.1 Å². The number of hydrogen-bond acceptors (Lipinski definition) is 3. The Labute approximate surface area is 88.9 Å². The molecule has 15 heavy (non-hydrogen) atoms. The number of hydrogen-bond donors (Lipinski definition) is 2. The molecule has 0 bridgehead atoms. The van der Waals surface area contributed by atoms with Crippen molar-refractivity contribution in [2.75, 3.05) is 12.3 Å². The van der Waals surface area contributed by atoms with Gasteiger partial charge in [0.1, 0.15) is 5.69 Å². The molecule has 3 N–H and O–H groups in total. The summed E-state index contributed by atoms with van der Waals surface area (Å²) in [7, 11) is 0. The lowest BCUT2D eigenvalue weighted by atomic mass is 10.0. The van der Waals surface area contributed by atoms with Crippen molar-refractivity contribution in [1.29, 1.82) is 0 Å². The second-order valence-corrected chi connectivity index (χ2v) is 3.72. The zero-order valence-electron chi connectivity index (χ0n) is 9.20. The second-order valence-electron chi connectivity index (χ2n) is 3.72. The third kappa shape index (κ3) is 2.47. The standard InChI is InChI=1S/C10H18FN3O/c1-3-4-7(2)9-8(11)10(12)14(13-9)5-6-15/h7,15H,3-6,12H2,1-2H3. The highest BCUT2D eigenvalue weighted by Crippen LogP contribution is 2.25. The van der Waals surface area contributed by atoms with Crippen LogP contribution in [0.25, 0.3) is 0 Å². The zero-order chi connectivity index (χ0) is 11.4. The highest BCUT2D eigenvalue weighted by atomic mass is 19.1. The average molecular weight is 215 g/mol. The van der Waals surface area contributed by atoms with Crippen molar-refractivity contribution >= 4 is 5.82 Å². The molecule has 0 saturated heterocycles. The minimum Gasteiger partial charge on any atom is -0.394 e. The SMILES string of the molecule is CCCC(C)c1nn(CCO)c(N)c1F. The zero-order valence-corrected chi connectivity index (χ0v) is 9.20. The molecule has 1 heterocycles. The van der Waals surface area contributed by atoms with Gasteiger partial charge in [0.2, 0.25) is 0 Å². The van der Waals surface area contributed by atoms with E-state index >= 15 is 0 Å². The van der Waals surface area contributed by atoms with E-state index in [1.165, 1.54) is 4.68 Å². The first-order chi connectivity index (χ1) is 7.11. The van der Waals surface area contributed by atoms with Crippen LogP contribution in [-0.4, -0.2) is 21.5 Å². The Morgan fingerprint density at radius 2 is 2.27 bits per heavy atom. The molecule has 0 radical (unpaired) electrons. The summed E-state index contributed by atoms with van der Waals surface area (Å²) < 4.78 is 14.9. The number of aliphatic hydroxyl groups is 1. The van der Waals surface area contributed by atoms with Gasteiger partial charge in [0.25, 0.3) is 0 Å². The van der Waals surface area contributed by atoms with E-state index in [9.17, 15) is 4.39 Å². The highest BCUT2D eigenvalue weighted by Gasteiger charge is 2.19. The average Bonchev–Trinajstić information content (AvgIpc) is 2.47. The number of nitrogen functional groups attached to an aromatic ring is 1. The van der Waals surface area contributed by atoms with Crippen molar-refractivity contribution in [1.82, 2.24) is 9.78 Å². The van der Waals surface area contributed by atoms with E-state index in [1.54, 1.807) is 0 Å². The van der Waals surface area contributed by atoms with E-state index in [4.69, 9.17) is 10.8 Å². The summed E-state index contributed by atoms with van der Waals surface area (Å²) in [6, 6.07) is 0. The molecular formula is C10H18FN3O. The van der Waals surface area contributed by atoms with Crippen molar-refractivity contribution in [3.05, 3.63) is 11.5 Å². The quantitative estimate of drug-likeness (QED) is 0.782. The van der Waals surface area contributed by atoms with Crippen LogP contribution < -0.4 is 5.73 Å². The Morgan fingerprint density at radius 1 is 1.60 bits per heavy atom. The highest BCUT2D eigenvalue weighted by molar-refractivity contribution is 5.35. The molecule has 1 aromatic rings. The first kappa shape index (κ1) is 12.0. The van der Waals surface area contributed by atoms with Crippen LogP contribution in [0.15, 0.2) is 0 Å². The van der Waals surface area contributed by atoms with Gasteiger partial charge in [0, 0.05) is 5.92 Å². The van der Waals surface area contributed by atoms with E-state index in [-0.39, 0.29) is 24.9 Å². The van der Waals surface area contributed by atoms with Gasteiger partial charge >= 0.3 is 0 Å². The lowest BCUT2D eigenvalue weighted by Gasteiger charge is -2.05. The van der Waals surface area contributed by atoms with Crippen LogP contribution in [-0.2, 0) is 6.54 Å². The molecule has 0 saturated carbocycles. The summed E-state index contributed by atoms with van der Waals surface area (Å²) in [4.78, 5) is 0. The van der Waals surface area contributed by atoms with E-state index < -0.39 is 5.82 Å². The lowest BCUT2D eigenvalue weighted by Crippen LogP contribution is -2.08. The van der Waals surface area contributed by atoms with Crippen LogP contribution in [0.1, 0.15) is 38.3 Å². The van der Waals surface area contributed by atoms with Crippen LogP contribution in [0.2, 0.25) is 0 Å². The van der Waals surface area contributed by atoms with E-state index in [0.717, 1.165) is 12.8 Å². The van der Waals surface area contributed by atoms with Gasteiger partial charge in [-0.25, -0.2) is 9.07 Å². The summed E-state index contributed by atoms with van der Waals surface area (Å²) in [5, 5.41) is 12.8. The van der Waals surface area contributed by atoms with Gasteiger partial charge in [-0.1, -0.05) is 20.3 Å². The third-order valence-corrected chi connectivity index (χ3v) is 2.46. The molecular weight excluding hydrogens is 197 g/mol. The van der Waals surface area contributed by atoms with E-state index in [2.05, 4.69) is 5.10 Å². The molecule has 0 spiro atoms. The molecule has 0 fully saturated rings. The van der Waals surface area contributed by atoms with Crippen molar-refractivity contribution in [2.24, 2.45) is 0 Å². The maximum absolute atomic E-state index is 13.6. The van der Waals surface area contributed by atoms with Crippen molar-refractivity contribution in [3.63, 3.8) is 0 Å². The summed E-state index contributed by atoms with van der Waals surface area (Å²) in [6.45, 7) is 4.12. The van der Waals surface area contributed by atoms with Gasteiger partial charge < -0.3 is 10.8 Å². The summed E-state index contributed by atoms with van der Waals surface area (Å²) in [5.41, 5.74) is 5.94. The number of halogens is 1. The molecule has 86 valence electrons. The number of nitrogens with zero attached hydrogens (tertiary/aromatic N) is 2. The first-order valence-corrected chi connectivity index (χ1v) is 5.24. The van der Waals surface area contributed by atoms with Gasteiger partial charge in [-0.2, -0.15) is 5.10 Å². The predicted octanol–water partition coefficient (Wildman–Crippen LogP) is 1.50. The summed E-state index contributed by atoms with van der Waals surface area (Å²) >= 11 is 0. The maximum atomic E-state index is 13.6. The fraction of sp³-hybridized carbons (Fsp3) is 0.700. The number of anilines is 1. The molecule has 4 nitrogen and oxygen atoms in total. The van der Waals surface area contributed by atoms with Crippen molar-refractivity contribution < 1.29 is 9.50 Å². The van der Waals surface area contributed by atoms with E-state index in [0.29, 0.717) is 5.69 Å². The van der Waals surface area contributed by atoms with E-state index in [1.807, 2.05) is 13.8 Å². The van der Waals surface area contributed by atoms with Gasteiger partial charge in [0.15, 0.2) is 11.6 Å². The molecule has 0 aliphatic carbocycles. The minimum absolute atomic E-state index is 0.0157. The van der Waals surface area contributed by atoms with Gasteiger partial charge in [-0.05, 0) is 6.42 Å². The smallest absolute Gasteiger partial charge is 0.188 e. The van der Waals surface area contributed by atoms with Crippen LogP contribution in [0.4, 0.5) is 10.2 Å². The summed E-state index contributed by atoms with van der Waals surface area (Å²) in [5.74, 6) is -0.358. The number of nitrogens with two attached hydrogens (primary N) is 1.